The number of carbonyl (C=O) groups is 3. The van der Waals surface area contributed by atoms with Gasteiger partial charge in [0.05, 0.1) is 30.0 Å². The Morgan fingerprint density at radius 3 is 2.52 bits per heavy atom. The smallest absolute Gasteiger partial charge is 0.410 e. The van der Waals surface area contributed by atoms with Crippen LogP contribution in [0.25, 0.3) is 10.7 Å². The summed E-state index contributed by atoms with van der Waals surface area (Å²) in [6, 6.07) is -0.996. The molecule has 17 heteroatoms. The maximum Gasteiger partial charge on any atom is 0.410 e. The molecule has 0 radical (unpaired) electrons. The van der Waals surface area contributed by atoms with Crippen LogP contribution in [-0.4, -0.2) is 147 Å². The van der Waals surface area contributed by atoms with Crippen molar-refractivity contribution in [3.8, 4) is 10.7 Å². The van der Waals surface area contributed by atoms with E-state index in [0.29, 0.717) is 45.3 Å². The molecule has 0 bridgehead atoms. The van der Waals surface area contributed by atoms with Gasteiger partial charge in [0.2, 0.25) is 0 Å². The first-order chi connectivity index (χ1) is 26.5. The number of esters is 1. The molecular weight excluding hydrogens is 743 g/mol. The van der Waals surface area contributed by atoms with Crippen LogP contribution in [0.2, 0.25) is 0 Å². The number of rotatable bonds is 11. The third-order valence-electron chi connectivity index (χ3n) is 11.9. The Morgan fingerprint density at radius 2 is 1.86 bits per heavy atom. The number of cyclic esters (lactones) is 1. The molecule has 2 aromatic heterocycles. The van der Waals surface area contributed by atoms with E-state index < -0.39 is 65.6 Å². The van der Waals surface area contributed by atoms with Crippen molar-refractivity contribution in [2.45, 2.75) is 154 Å². The van der Waals surface area contributed by atoms with E-state index in [1.165, 1.54) is 18.3 Å². The van der Waals surface area contributed by atoms with Crippen LogP contribution in [0.1, 0.15) is 87.0 Å². The van der Waals surface area contributed by atoms with E-state index in [9.17, 15) is 19.5 Å². The zero-order chi connectivity index (χ0) is 40.9. The van der Waals surface area contributed by atoms with E-state index in [-0.39, 0.29) is 30.5 Å². The summed E-state index contributed by atoms with van der Waals surface area (Å²) in [7, 11) is 5.38. The van der Waals surface area contributed by atoms with E-state index in [1.54, 1.807) is 22.9 Å². The van der Waals surface area contributed by atoms with Gasteiger partial charge in [0.25, 0.3) is 0 Å². The van der Waals surface area contributed by atoms with Crippen LogP contribution >= 0.6 is 11.3 Å². The standard InChI is InChI=1S/C39H63N7O9S/c1-11-30-39(7)33(46(37(50)55-39)16-13-12-15-45-22-27(42-43-45)34-40-14-17-56-34)26(5)41-21-23(2)20-38(6,51-10)31(19-29(47)25(4)35(49)53-30)54-36-32(48)28(44(8)9)18-24(3)52-36/h14,17,22-26,28,30-33,36,41,48H,11-13,15-16,18-21H2,1-10H3/t23-,24-,25-,26-,28?,30-,31-,32?,33-,36+,38+,39-/m1/s1. The number of ether oxygens (including phenoxy) is 5. The van der Waals surface area contributed by atoms with Gasteiger partial charge in [0.1, 0.15) is 34.6 Å². The molecule has 314 valence electrons. The van der Waals surface area contributed by atoms with Crippen LogP contribution in [0.4, 0.5) is 4.79 Å². The number of thiazole rings is 1. The number of ketones is 1. The first-order valence-corrected chi connectivity index (χ1v) is 20.9. The van der Waals surface area contributed by atoms with Crippen molar-refractivity contribution in [1.82, 2.24) is 35.1 Å². The summed E-state index contributed by atoms with van der Waals surface area (Å²) in [6.45, 7) is 14.7. The number of nitrogens with one attached hydrogen (secondary N) is 1. The van der Waals surface area contributed by atoms with Gasteiger partial charge in [-0.1, -0.05) is 19.1 Å². The highest BCUT2D eigenvalue weighted by Crippen LogP contribution is 2.39. The number of Topliss-reactive ketones (excluding diaryl/α,β-unsaturated/α-hetero) is 1. The Hall–Kier alpha value is -3.06. The third kappa shape index (κ3) is 9.79. The predicted octanol–water partition coefficient (Wildman–Crippen LogP) is 3.91. The summed E-state index contributed by atoms with van der Waals surface area (Å²) in [6.07, 6.45) is 1.92. The largest absolute Gasteiger partial charge is 0.458 e. The van der Waals surface area contributed by atoms with E-state index in [2.05, 4.69) is 27.5 Å². The molecule has 3 aliphatic rings. The van der Waals surface area contributed by atoms with Crippen LogP contribution in [0.5, 0.6) is 0 Å². The number of hydrogen-bond acceptors (Lipinski definition) is 15. The Kier molecular flexibility index (Phi) is 14.7. The molecule has 3 fully saturated rings. The molecule has 0 saturated carbocycles. The highest BCUT2D eigenvalue weighted by Gasteiger charge is 2.58. The van der Waals surface area contributed by atoms with E-state index >= 15 is 0 Å². The van der Waals surface area contributed by atoms with Crippen LogP contribution in [0, 0.1) is 11.8 Å². The number of carbonyl (C=O) groups excluding carboxylic acids is 3. The molecule has 0 aliphatic carbocycles. The lowest BCUT2D eigenvalue weighted by molar-refractivity contribution is -0.289. The van der Waals surface area contributed by atoms with Crippen LogP contribution in [0.15, 0.2) is 17.8 Å². The average Bonchev–Trinajstić information content (AvgIpc) is 3.91. The van der Waals surface area contributed by atoms with Crippen LogP contribution in [-0.2, 0) is 39.8 Å². The molecule has 0 spiro atoms. The van der Waals surface area contributed by atoms with E-state index in [4.69, 9.17) is 23.7 Å². The zero-order valence-corrected chi connectivity index (χ0v) is 35.5. The van der Waals surface area contributed by atoms with Gasteiger partial charge < -0.3 is 39.0 Å². The summed E-state index contributed by atoms with van der Waals surface area (Å²) < 4.78 is 32.9. The maximum atomic E-state index is 14.0. The molecule has 5 heterocycles. The topological polar surface area (TPSA) is 180 Å². The summed E-state index contributed by atoms with van der Waals surface area (Å²) >= 11 is 1.50. The monoisotopic (exact) mass is 805 g/mol. The lowest BCUT2D eigenvalue weighted by atomic mass is 9.83. The van der Waals surface area contributed by atoms with Gasteiger partial charge in [-0.15, -0.1) is 16.4 Å². The molecular formula is C39H63N7O9S. The summed E-state index contributed by atoms with van der Waals surface area (Å²) in [5, 5.41) is 26.2. The second-order valence-electron chi connectivity index (χ2n) is 16.5. The minimum atomic E-state index is -1.21. The number of likely N-dealkylation sites (N-methyl/N-ethyl adjacent to an activating group) is 1. The number of nitrogens with zero attached hydrogens (tertiary/aromatic N) is 6. The van der Waals surface area contributed by atoms with Crippen molar-refractivity contribution in [3.05, 3.63) is 17.8 Å². The number of unbranched alkanes of at least 4 members (excludes halogenated alkanes) is 1. The molecule has 5 rings (SSSR count). The van der Waals surface area contributed by atoms with Crippen LogP contribution < -0.4 is 5.32 Å². The van der Waals surface area contributed by atoms with Crippen molar-refractivity contribution in [1.29, 1.82) is 0 Å². The Labute approximate surface area is 334 Å². The second kappa shape index (κ2) is 18.7. The lowest BCUT2D eigenvalue weighted by Gasteiger charge is -2.45. The molecule has 2 unspecified atom stereocenters. The fourth-order valence-corrected chi connectivity index (χ4v) is 9.15. The summed E-state index contributed by atoms with van der Waals surface area (Å²) in [4.78, 5) is 49.6. The second-order valence-corrected chi connectivity index (χ2v) is 17.4. The number of methoxy groups -OCH3 is 1. The quantitative estimate of drug-likeness (QED) is 0.190. The number of hydrogen-bond donors (Lipinski definition) is 2. The zero-order valence-electron chi connectivity index (χ0n) is 34.7. The molecule has 2 aromatic rings. The van der Waals surface area contributed by atoms with Crippen molar-refractivity contribution in [2.75, 3.05) is 34.3 Å². The molecule has 16 nitrogen and oxygen atoms in total. The van der Waals surface area contributed by atoms with Gasteiger partial charge in [-0.2, -0.15) is 0 Å². The minimum absolute atomic E-state index is 0.00586. The molecule has 56 heavy (non-hydrogen) atoms. The first-order valence-electron chi connectivity index (χ1n) is 20.0. The van der Waals surface area contributed by atoms with Gasteiger partial charge >= 0.3 is 12.1 Å². The van der Waals surface area contributed by atoms with Gasteiger partial charge in [-0.25, -0.2) is 9.78 Å². The maximum absolute atomic E-state index is 14.0. The molecule has 1 amide bonds. The Bertz CT molecular complexity index is 1610. The predicted molar refractivity (Wildman–Crippen MR) is 209 cm³/mol. The van der Waals surface area contributed by atoms with Gasteiger partial charge in [-0.3, -0.25) is 19.2 Å². The average molecular weight is 806 g/mol. The van der Waals surface area contributed by atoms with E-state index in [1.807, 2.05) is 65.2 Å². The summed E-state index contributed by atoms with van der Waals surface area (Å²) in [5.41, 5.74) is -1.50. The van der Waals surface area contributed by atoms with E-state index in [0.717, 1.165) is 17.1 Å². The minimum Gasteiger partial charge on any atom is -0.458 e. The number of amides is 1. The normalized spacial score (nSPS) is 36.5. The fourth-order valence-electron chi connectivity index (χ4n) is 8.57. The molecule has 3 saturated heterocycles. The van der Waals surface area contributed by atoms with Gasteiger partial charge in [0.15, 0.2) is 11.9 Å². The number of aliphatic hydroxyl groups excluding tert-OH is 1. The summed E-state index contributed by atoms with van der Waals surface area (Å²) in [5.74, 6) is -2.25. The van der Waals surface area contributed by atoms with Crippen molar-refractivity contribution >= 4 is 29.2 Å². The van der Waals surface area contributed by atoms with Crippen molar-refractivity contribution in [3.63, 3.8) is 0 Å². The first kappa shape index (κ1) is 44.1. The highest BCUT2D eigenvalue weighted by molar-refractivity contribution is 7.13. The van der Waals surface area contributed by atoms with Gasteiger partial charge in [0, 0.05) is 50.3 Å². The van der Waals surface area contributed by atoms with Crippen molar-refractivity contribution in [2.24, 2.45) is 11.8 Å². The number of fused-ring (bicyclic) bond motifs is 1. The number of aryl methyl sites for hydroxylation is 1. The SMILES string of the molecule is CC[C@H]1OC(=O)[C@H](C)C(=O)C[C@@H](O[C@@H]2O[C@H](C)CC(N(C)C)C2O)[C@@](C)(OC)C[C@@H](C)CN[C@H](C)[C@H]2N(CCCCn3cc(-c4nccs4)nn3)C(=O)O[C@]12C. The van der Waals surface area contributed by atoms with Crippen LogP contribution in [0.3, 0.4) is 0 Å². The fraction of sp³-hybridized carbons (Fsp3) is 0.795. The highest BCUT2D eigenvalue weighted by atomic mass is 32.1. The number of aromatic nitrogens is 4. The Balaban J connectivity index is 1.36. The van der Waals surface area contributed by atoms with Gasteiger partial charge in [-0.05, 0) is 93.3 Å². The lowest BCUT2D eigenvalue weighted by Crippen LogP contribution is -2.61. The van der Waals surface area contributed by atoms with Crippen molar-refractivity contribution < 1.29 is 43.2 Å². The molecule has 0 aromatic carbocycles. The molecule has 12 atom stereocenters. The molecule has 3 aliphatic heterocycles. The number of aliphatic hydroxyl groups is 1. The third-order valence-corrected chi connectivity index (χ3v) is 12.7. The Morgan fingerprint density at radius 1 is 1.12 bits per heavy atom. The molecule has 2 N–H and O–H groups in total.